The molecule has 106 valence electrons. The van der Waals surface area contributed by atoms with Crippen LogP contribution in [-0.4, -0.2) is 30.4 Å². The van der Waals surface area contributed by atoms with Gasteiger partial charge >= 0.3 is 6.01 Å². The molecule has 0 aliphatic carbocycles. The predicted molar refractivity (Wildman–Crippen MR) is 76.8 cm³/mol. The van der Waals surface area contributed by atoms with Crippen LogP contribution in [0.4, 0.5) is 11.7 Å². The molecule has 0 unspecified atom stereocenters. The Morgan fingerprint density at radius 2 is 2.00 bits per heavy atom. The Labute approximate surface area is 117 Å². The van der Waals surface area contributed by atoms with Gasteiger partial charge in [0.15, 0.2) is 0 Å². The fourth-order valence-corrected chi connectivity index (χ4v) is 2.42. The molecule has 6 nitrogen and oxygen atoms in total. The predicted octanol–water partition coefficient (Wildman–Crippen LogP) is 2.32. The number of nitrogens with two attached hydrogens (primary N) is 1. The van der Waals surface area contributed by atoms with Gasteiger partial charge in [0.25, 0.3) is 5.89 Å². The van der Waals surface area contributed by atoms with E-state index >= 15 is 0 Å². The number of piperidine rings is 1. The number of aromatic nitrogens is 2. The number of nitrogen functional groups attached to an aromatic ring is 1. The van der Waals surface area contributed by atoms with Gasteiger partial charge in [-0.2, -0.15) is 0 Å². The van der Waals surface area contributed by atoms with Crippen molar-refractivity contribution >= 4 is 11.7 Å². The lowest BCUT2D eigenvalue weighted by atomic mass is 10.1. The van der Waals surface area contributed by atoms with E-state index < -0.39 is 0 Å². The zero-order valence-electron chi connectivity index (χ0n) is 11.5. The minimum Gasteiger partial charge on any atom is -0.496 e. The Balaban J connectivity index is 1.89. The highest BCUT2D eigenvalue weighted by Crippen LogP contribution is 2.32. The first-order chi connectivity index (χ1) is 9.78. The number of methoxy groups -OCH3 is 1. The van der Waals surface area contributed by atoms with Crippen LogP contribution in [-0.2, 0) is 0 Å². The van der Waals surface area contributed by atoms with Crippen molar-refractivity contribution in [3.05, 3.63) is 18.2 Å². The number of nitrogens with zero attached hydrogens (tertiary/aromatic N) is 3. The van der Waals surface area contributed by atoms with Gasteiger partial charge in [-0.05, 0) is 31.4 Å². The topological polar surface area (TPSA) is 77.4 Å². The molecule has 2 aromatic rings. The summed E-state index contributed by atoms with van der Waals surface area (Å²) < 4.78 is 11.1. The van der Waals surface area contributed by atoms with Crippen LogP contribution < -0.4 is 15.4 Å². The van der Waals surface area contributed by atoms with Crippen molar-refractivity contribution in [1.82, 2.24) is 10.2 Å². The normalized spacial score (nSPS) is 15.3. The molecular weight excluding hydrogens is 256 g/mol. The second-order valence-corrected chi connectivity index (χ2v) is 4.90. The van der Waals surface area contributed by atoms with E-state index in [4.69, 9.17) is 14.9 Å². The van der Waals surface area contributed by atoms with Gasteiger partial charge in [0.1, 0.15) is 5.75 Å². The SMILES string of the molecule is COc1cc(N)ccc1-c1nnc(N2CCCCC2)o1. The van der Waals surface area contributed by atoms with Gasteiger partial charge in [0.2, 0.25) is 0 Å². The van der Waals surface area contributed by atoms with Crippen LogP contribution in [0.25, 0.3) is 11.5 Å². The van der Waals surface area contributed by atoms with Crippen LogP contribution in [0, 0.1) is 0 Å². The fourth-order valence-electron chi connectivity index (χ4n) is 2.42. The van der Waals surface area contributed by atoms with E-state index in [1.165, 1.54) is 19.3 Å². The maximum absolute atomic E-state index is 5.77. The average Bonchev–Trinajstić information content (AvgIpc) is 2.97. The Hall–Kier alpha value is -2.24. The molecule has 0 amide bonds. The molecule has 0 radical (unpaired) electrons. The van der Waals surface area contributed by atoms with Gasteiger partial charge in [0, 0.05) is 24.8 Å². The summed E-state index contributed by atoms with van der Waals surface area (Å²) in [6.07, 6.45) is 3.61. The Bertz CT molecular complexity index is 591. The second kappa shape index (κ2) is 5.40. The number of hydrogen-bond donors (Lipinski definition) is 1. The maximum Gasteiger partial charge on any atom is 0.318 e. The highest BCUT2D eigenvalue weighted by molar-refractivity contribution is 5.67. The Morgan fingerprint density at radius 3 is 2.75 bits per heavy atom. The van der Waals surface area contributed by atoms with Crippen molar-refractivity contribution in [1.29, 1.82) is 0 Å². The third kappa shape index (κ3) is 2.41. The van der Waals surface area contributed by atoms with E-state index in [9.17, 15) is 0 Å². The van der Waals surface area contributed by atoms with E-state index in [0.717, 1.165) is 18.7 Å². The smallest absolute Gasteiger partial charge is 0.318 e. The molecule has 6 heteroatoms. The zero-order chi connectivity index (χ0) is 13.9. The van der Waals surface area contributed by atoms with E-state index in [1.807, 2.05) is 6.07 Å². The lowest BCUT2D eigenvalue weighted by Gasteiger charge is -2.24. The molecule has 1 fully saturated rings. The molecule has 1 aromatic heterocycles. The van der Waals surface area contributed by atoms with Crippen molar-refractivity contribution in [3.63, 3.8) is 0 Å². The molecule has 1 aliphatic rings. The van der Waals surface area contributed by atoms with Gasteiger partial charge in [-0.1, -0.05) is 5.10 Å². The van der Waals surface area contributed by atoms with Crippen molar-refractivity contribution in [2.45, 2.75) is 19.3 Å². The van der Waals surface area contributed by atoms with Crippen molar-refractivity contribution in [2.75, 3.05) is 30.8 Å². The molecule has 0 bridgehead atoms. The molecule has 0 saturated carbocycles. The summed E-state index contributed by atoms with van der Waals surface area (Å²) in [6.45, 7) is 1.95. The molecule has 3 rings (SSSR count). The molecular formula is C14H18N4O2. The monoisotopic (exact) mass is 274 g/mol. The zero-order valence-corrected chi connectivity index (χ0v) is 11.5. The minimum absolute atomic E-state index is 0.461. The number of anilines is 2. The van der Waals surface area contributed by atoms with E-state index in [0.29, 0.717) is 23.3 Å². The standard InChI is InChI=1S/C14H18N4O2/c1-19-12-9-10(15)5-6-11(12)13-16-17-14(20-13)18-7-3-2-4-8-18/h5-6,9H,2-4,7-8,15H2,1H3. The van der Waals surface area contributed by atoms with Gasteiger partial charge < -0.3 is 19.8 Å². The molecule has 0 atom stereocenters. The van der Waals surface area contributed by atoms with Gasteiger partial charge in [-0.15, -0.1) is 5.10 Å². The quantitative estimate of drug-likeness (QED) is 0.865. The minimum atomic E-state index is 0.461. The summed E-state index contributed by atoms with van der Waals surface area (Å²) in [4.78, 5) is 2.13. The number of ether oxygens (including phenoxy) is 1. The largest absolute Gasteiger partial charge is 0.496 e. The van der Waals surface area contributed by atoms with Crippen LogP contribution in [0.1, 0.15) is 19.3 Å². The maximum atomic E-state index is 5.77. The van der Waals surface area contributed by atoms with Gasteiger partial charge in [0.05, 0.1) is 12.7 Å². The highest BCUT2D eigenvalue weighted by Gasteiger charge is 2.19. The van der Waals surface area contributed by atoms with Crippen molar-refractivity contribution in [3.8, 4) is 17.2 Å². The second-order valence-electron chi connectivity index (χ2n) is 4.90. The highest BCUT2D eigenvalue weighted by atomic mass is 16.5. The third-order valence-corrected chi connectivity index (χ3v) is 3.50. The lowest BCUT2D eigenvalue weighted by Crippen LogP contribution is -2.29. The molecule has 0 spiro atoms. The first-order valence-corrected chi connectivity index (χ1v) is 6.80. The Morgan fingerprint density at radius 1 is 1.20 bits per heavy atom. The van der Waals surface area contributed by atoms with Gasteiger partial charge in [-0.3, -0.25) is 0 Å². The van der Waals surface area contributed by atoms with Crippen LogP contribution in [0.15, 0.2) is 22.6 Å². The van der Waals surface area contributed by atoms with Crippen molar-refractivity contribution in [2.24, 2.45) is 0 Å². The van der Waals surface area contributed by atoms with E-state index in [1.54, 1.807) is 19.2 Å². The van der Waals surface area contributed by atoms with Gasteiger partial charge in [-0.25, -0.2) is 0 Å². The molecule has 1 aliphatic heterocycles. The first-order valence-electron chi connectivity index (χ1n) is 6.80. The molecule has 1 saturated heterocycles. The van der Waals surface area contributed by atoms with Crippen LogP contribution in [0.3, 0.4) is 0 Å². The fraction of sp³-hybridized carbons (Fsp3) is 0.429. The summed E-state index contributed by atoms with van der Waals surface area (Å²) in [5, 5.41) is 8.26. The van der Waals surface area contributed by atoms with E-state index in [2.05, 4.69) is 15.1 Å². The van der Waals surface area contributed by atoms with Crippen LogP contribution in [0.2, 0.25) is 0 Å². The molecule has 2 N–H and O–H groups in total. The number of hydrogen-bond acceptors (Lipinski definition) is 6. The summed E-state index contributed by atoms with van der Waals surface area (Å²) in [5.74, 6) is 1.10. The molecule has 20 heavy (non-hydrogen) atoms. The lowest BCUT2D eigenvalue weighted by molar-refractivity contribution is 0.414. The molecule has 1 aromatic carbocycles. The summed E-state index contributed by atoms with van der Waals surface area (Å²) in [7, 11) is 1.60. The summed E-state index contributed by atoms with van der Waals surface area (Å²) in [6, 6.07) is 5.96. The Kier molecular flexibility index (Phi) is 3.45. The van der Waals surface area contributed by atoms with Crippen molar-refractivity contribution < 1.29 is 9.15 Å². The third-order valence-electron chi connectivity index (χ3n) is 3.50. The number of benzene rings is 1. The van der Waals surface area contributed by atoms with E-state index in [-0.39, 0.29) is 0 Å². The molecule has 2 heterocycles. The summed E-state index contributed by atoms with van der Waals surface area (Å²) in [5.41, 5.74) is 7.15. The van der Waals surface area contributed by atoms with Crippen LogP contribution >= 0.6 is 0 Å². The summed E-state index contributed by atoms with van der Waals surface area (Å²) >= 11 is 0. The average molecular weight is 274 g/mol. The van der Waals surface area contributed by atoms with Crippen LogP contribution in [0.5, 0.6) is 5.75 Å². The number of rotatable bonds is 3. The first kappa shape index (κ1) is 12.8.